The SMILES string of the molecule is C#CC(N)c1cccc(Cl)c1. The molecule has 1 nitrogen and oxygen atoms in total. The highest BCUT2D eigenvalue weighted by Gasteiger charge is 2.00. The van der Waals surface area contributed by atoms with Crippen molar-refractivity contribution < 1.29 is 0 Å². The van der Waals surface area contributed by atoms with Crippen molar-refractivity contribution in [3.63, 3.8) is 0 Å². The van der Waals surface area contributed by atoms with Gasteiger partial charge < -0.3 is 5.73 Å². The van der Waals surface area contributed by atoms with Gasteiger partial charge in [-0.2, -0.15) is 0 Å². The minimum absolute atomic E-state index is 0.353. The third-order valence-corrected chi connectivity index (χ3v) is 1.62. The van der Waals surface area contributed by atoms with Gasteiger partial charge in [0.25, 0.3) is 0 Å². The van der Waals surface area contributed by atoms with E-state index in [1.807, 2.05) is 12.1 Å². The summed E-state index contributed by atoms with van der Waals surface area (Å²) in [5.74, 6) is 2.43. The minimum atomic E-state index is -0.353. The summed E-state index contributed by atoms with van der Waals surface area (Å²) in [7, 11) is 0. The van der Waals surface area contributed by atoms with Crippen LogP contribution < -0.4 is 5.73 Å². The number of nitrogens with two attached hydrogens (primary N) is 1. The first-order chi connectivity index (χ1) is 5.24. The maximum atomic E-state index is 5.72. The first-order valence-corrected chi connectivity index (χ1v) is 3.59. The van der Waals surface area contributed by atoms with Crippen molar-refractivity contribution in [2.45, 2.75) is 6.04 Å². The third kappa shape index (κ3) is 1.98. The zero-order valence-corrected chi connectivity index (χ0v) is 6.68. The second-order valence-electron chi connectivity index (χ2n) is 2.20. The fourth-order valence-corrected chi connectivity index (χ4v) is 0.995. The highest BCUT2D eigenvalue weighted by atomic mass is 35.5. The van der Waals surface area contributed by atoms with Crippen LogP contribution in [0.15, 0.2) is 24.3 Å². The highest BCUT2D eigenvalue weighted by molar-refractivity contribution is 6.30. The number of hydrogen-bond donors (Lipinski definition) is 1. The van der Waals surface area contributed by atoms with Crippen LogP contribution in [0.4, 0.5) is 0 Å². The first kappa shape index (κ1) is 8.13. The molecule has 0 amide bonds. The fraction of sp³-hybridized carbons (Fsp3) is 0.111. The molecule has 1 unspecified atom stereocenters. The molecule has 0 aliphatic carbocycles. The van der Waals surface area contributed by atoms with Crippen molar-refractivity contribution in [3.8, 4) is 12.3 Å². The molecule has 0 aliphatic heterocycles. The van der Waals surface area contributed by atoms with E-state index >= 15 is 0 Å². The van der Waals surface area contributed by atoms with E-state index in [9.17, 15) is 0 Å². The van der Waals surface area contributed by atoms with Crippen LogP contribution in [0, 0.1) is 12.3 Å². The van der Waals surface area contributed by atoms with Crippen LogP contribution in [0.2, 0.25) is 5.02 Å². The minimum Gasteiger partial charge on any atom is -0.314 e. The average molecular weight is 166 g/mol. The average Bonchev–Trinajstić information content (AvgIpc) is 2.03. The topological polar surface area (TPSA) is 26.0 Å². The van der Waals surface area contributed by atoms with Crippen LogP contribution in [0.1, 0.15) is 11.6 Å². The van der Waals surface area contributed by atoms with Gasteiger partial charge in [-0.1, -0.05) is 29.7 Å². The van der Waals surface area contributed by atoms with Crippen LogP contribution in [-0.2, 0) is 0 Å². The van der Waals surface area contributed by atoms with E-state index in [0.717, 1.165) is 5.56 Å². The Hall–Kier alpha value is -0.970. The van der Waals surface area contributed by atoms with Gasteiger partial charge in [-0.25, -0.2) is 0 Å². The zero-order valence-electron chi connectivity index (χ0n) is 5.92. The summed E-state index contributed by atoms with van der Waals surface area (Å²) in [6, 6.07) is 6.89. The molecule has 0 radical (unpaired) electrons. The summed E-state index contributed by atoms with van der Waals surface area (Å²) in [6.07, 6.45) is 5.14. The van der Waals surface area contributed by atoms with Crippen molar-refractivity contribution in [2.75, 3.05) is 0 Å². The van der Waals surface area contributed by atoms with Crippen LogP contribution in [0.5, 0.6) is 0 Å². The molecular formula is C9H8ClN. The van der Waals surface area contributed by atoms with E-state index in [1.54, 1.807) is 12.1 Å². The Bertz CT molecular complexity index is 288. The Balaban J connectivity index is 2.98. The molecule has 0 aliphatic rings. The Morgan fingerprint density at radius 3 is 2.82 bits per heavy atom. The van der Waals surface area contributed by atoms with Crippen molar-refractivity contribution in [3.05, 3.63) is 34.9 Å². The number of rotatable bonds is 1. The largest absolute Gasteiger partial charge is 0.314 e. The molecule has 1 atom stereocenters. The summed E-state index contributed by atoms with van der Waals surface area (Å²) >= 11 is 5.72. The molecule has 2 heteroatoms. The molecular weight excluding hydrogens is 158 g/mol. The molecule has 0 saturated carbocycles. The Morgan fingerprint density at radius 2 is 2.27 bits per heavy atom. The van der Waals surface area contributed by atoms with E-state index in [0.29, 0.717) is 5.02 Å². The molecule has 0 saturated heterocycles. The van der Waals surface area contributed by atoms with Crippen molar-refractivity contribution >= 4 is 11.6 Å². The Morgan fingerprint density at radius 1 is 1.55 bits per heavy atom. The predicted molar refractivity (Wildman–Crippen MR) is 47.2 cm³/mol. The van der Waals surface area contributed by atoms with Gasteiger partial charge in [0.2, 0.25) is 0 Å². The van der Waals surface area contributed by atoms with Gasteiger partial charge >= 0.3 is 0 Å². The number of terminal acetylenes is 1. The van der Waals surface area contributed by atoms with Crippen molar-refractivity contribution in [2.24, 2.45) is 5.73 Å². The molecule has 1 rings (SSSR count). The summed E-state index contributed by atoms with van der Waals surface area (Å²) in [5, 5.41) is 0.660. The predicted octanol–water partition coefficient (Wildman–Crippen LogP) is 1.97. The van der Waals surface area contributed by atoms with Crippen LogP contribution in [0.3, 0.4) is 0 Å². The Labute approximate surface area is 71.2 Å². The molecule has 2 N–H and O–H groups in total. The Kier molecular flexibility index (Phi) is 2.53. The molecule has 1 aromatic rings. The third-order valence-electron chi connectivity index (χ3n) is 1.39. The second-order valence-corrected chi connectivity index (χ2v) is 2.64. The zero-order chi connectivity index (χ0) is 8.27. The molecule has 0 fully saturated rings. The normalized spacial score (nSPS) is 12.1. The number of halogens is 1. The molecule has 1 aromatic carbocycles. The van der Waals surface area contributed by atoms with Crippen molar-refractivity contribution in [1.82, 2.24) is 0 Å². The quantitative estimate of drug-likeness (QED) is 0.633. The molecule has 0 bridgehead atoms. The summed E-state index contributed by atoms with van der Waals surface area (Å²) in [4.78, 5) is 0. The van der Waals surface area contributed by atoms with Gasteiger partial charge in [0.15, 0.2) is 0 Å². The van der Waals surface area contributed by atoms with Crippen LogP contribution in [-0.4, -0.2) is 0 Å². The van der Waals surface area contributed by atoms with Gasteiger partial charge in [-0.3, -0.25) is 0 Å². The van der Waals surface area contributed by atoms with Gasteiger partial charge in [0, 0.05) is 5.02 Å². The molecule has 56 valence electrons. The number of hydrogen-bond acceptors (Lipinski definition) is 1. The standard InChI is InChI=1S/C9H8ClN/c1-2-9(11)7-4-3-5-8(10)6-7/h1,3-6,9H,11H2. The lowest BCUT2D eigenvalue weighted by Gasteiger charge is -2.03. The maximum Gasteiger partial charge on any atom is 0.0918 e. The van der Waals surface area contributed by atoms with E-state index in [2.05, 4.69) is 5.92 Å². The second kappa shape index (κ2) is 3.43. The summed E-state index contributed by atoms with van der Waals surface area (Å²) < 4.78 is 0. The maximum absolute atomic E-state index is 5.72. The van der Waals surface area contributed by atoms with Gasteiger partial charge in [-0.05, 0) is 17.7 Å². The first-order valence-electron chi connectivity index (χ1n) is 3.21. The van der Waals surface area contributed by atoms with E-state index in [-0.39, 0.29) is 6.04 Å². The molecule has 0 spiro atoms. The smallest absolute Gasteiger partial charge is 0.0918 e. The monoisotopic (exact) mass is 165 g/mol. The molecule has 0 heterocycles. The fourth-order valence-electron chi connectivity index (χ4n) is 0.796. The van der Waals surface area contributed by atoms with Crippen LogP contribution in [0.25, 0.3) is 0 Å². The molecule has 0 aromatic heterocycles. The highest BCUT2D eigenvalue weighted by Crippen LogP contribution is 2.14. The lowest BCUT2D eigenvalue weighted by Crippen LogP contribution is -2.06. The van der Waals surface area contributed by atoms with Crippen LogP contribution >= 0.6 is 11.6 Å². The summed E-state index contributed by atoms with van der Waals surface area (Å²) in [5.41, 5.74) is 6.44. The lowest BCUT2D eigenvalue weighted by atomic mass is 10.1. The van der Waals surface area contributed by atoms with E-state index in [4.69, 9.17) is 23.8 Å². The van der Waals surface area contributed by atoms with Gasteiger partial charge in [0.05, 0.1) is 6.04 Å². The van der Waals surface area contributed by atoms with Crippen molar-refractivity contribution in [1.29, 1.82) is 0 Å². The van der Waals surface area contributed by atoms with Gasteiger partial charge in [0.1, 0.15) is 0 Å². The van der Waals surface area contributed by atoms with E-state index in [1.165, 1.54) is 0 Å². The van der Waals surface area contributed by atoms with Gasteiger partial charge in [-0.15, -0.1) is 6.42 Å². The molecule has 11 heavy (non-hydrogen) atoms. The summed E-state index contributed by atoms with van der Waals surface area (Å²) in [6.45, 7) is 0. The lowest BCUT2D eigenvalue weighted by molar-refractivity contribution is 0.947. The van der Waals surface area contributed by atoms with E-state index < -0.39 is 0 Å². The number of benzene rings is 1.